The first-order valence-corrected chi connectivity index (χ1v) is 5.43. The van der Waals surface area contributed by atoms with E-state index in [1.807, 2.05) is 12.3 Å². The Balaban J connectivity index is 2.54. The van der Waals surface area contributed by atoms with E-state index in [1.165, 1.54) is 18.4 Å². The standard InChI is InChI=1S/C9H13F3N2S/c1-6-5-15-8(14-6)3-7(13-2)4-9(10,11)12/h5,7,13H,3-4H2,1-2H3. The third-order valence-corrected chi connectivity index (χ3v) is 2.96. The van der Waals surface area contributed by atoms with E-state index < -0.39 is 18.6 Å². The second kappa shape index (κ2) is 4.94. The average Bonchev–Trinajstić information content (AvgIpc) is 2.47. The highest BCUT2D eigenvalue weighted by Gasteiger charge is 2.31. The van der Waals surface area contributed by atoms with Gasteiger partial charge in [-0.15, -0.1) is 11.3 Å². The number of rotatable bonds is 4. The summed E-state index contributed by atoms with van der Waals surface area (Å²) in [5, 5.41) is 5.25. The van der Waals surface area contributed by atoms with Gasteiger partial charge in [0, 0.05) is 23.5 Å². The van der Waals surface area contributed by atoms with Crippen molar-refractivity contribution < 1.29 is 13.2 Å². The minimum absolute atomic E-state index is 0.328. The first-order chi connectivity index (χ1) is 6.90. The Kier molecular flexibility index (Phi) is 4.10. The molecular weight excluding hydrogens is 225 g/mol. The molecule has 1 atom stereocenters. The zero-order chi connectivity index (χ0) is 11.5. The highest BCUT2D eigenvalue weighted by Crippen LogP contribution is 2.23. The van der Waals surface area contributed by atoms with E-state index in [2.05, 4.69) is 10.3 Å². The van der Waals surface area contributed by atoms with Crippen LogP contribution in [-0.2, 0) is 6.42 Å². The Hall–Kier alpha value is -0.620. The molecule has 1 unspecified atom stereocenters. The van der Waals surface area contributed by atoms with E-state index in [9.17, 15) is 13.2 Å². The highest BCUT2D eigenvalue weighted by molar-refractivity contribution is 7.09. The van der Waals surface area contributed by atoms with Gasteiger partial charge >= 0.3 is 6.18 Å². The lowest BCUT2D eigenvalue weighted by atomic mass is 10.1. The molecule has 1 aromatic rings. The molecule has 0 aliphatic heterocycles. The number of thiazole rings is 1. The average molecular weight is 238 g/mol. The molecule has 0 aromatic carbocycles. The summed E-state index contributed by atoms with van der Waals surface area (Å²) in [6.07, 6.45) is -4.61. The molecule has 6 heteroatoms. The smallest absolute Gasteiger partial charge is 0.316 e. The first-order valence-electron chi connectivity index (χ1n) is 4.55. The summed E-state index contributed by atoms with van der Waals surface area (Å²) in [6, 6.07) is -0.587. The summed E-state index contributed by atoms with van der Waals surface area (Å²) in [6.45, 7) is 1.83. The predicted octanol–water partition coefficient (Wildman–Crippen LogP) is 2.53. The van der Waals surface area contributed by atoms with Crippen molar-refractivity contribution in [1.29, 1.82) is 0 Å². The van der Waals surface area contributed by atoms with Crippen molar-refractivity contribution in [3.05, 3.63) is 16.1 Å². The van der Waals surface area contributed by atoms with Crippen molar-refractivity contribution >= 4 is 11.3 Å². The zero-order valence-electron chi connectivity index (χ0n) is 8.56. The summed E-state index contributed by atoms with van der Waals surface area (Å²) in [4.78, 5) is 4.14. The van der Waals surface area contributed by atoms with E-state index in [1.54, 1.807) is 0 Å². The summed E-state index contributed by atoms with van der Waals surface area (Å²) >= 11 is 1.40. The molecule has 1 rings (SSSR count). The lowest BCUT2D eigenvalue weighted by Gasteiger charge is -2.16. The molecule has 0 amide bonds. The molecule has 15 heavy (non-hydrogen) atoms. The van der Waals surface area contributed by atoms with Crippen LogP contribution in [0.5, 0.6) is 0 Å². The van der Waals surface area contributed by atoms with Gasteiger partial charge in [0.15, 0.2) is 0 Å². The Morgan fingerprint density at radius 1 is 1.53 bits per heavy atom. The number of likely N-dealkylation sites (N-methyl/N-ethyl adjacent to an activating group) is 1. The minimum Gasteiger partial charge on any atom is -0.316 e. The third-order valence-electron chi connectivity index (χ3n) is 1.97. The summed E-state index contributed by atoms with van der Waals surface area (Å²) in [5.74, 6) is 0. The molecule has 2 nitrogen and oxygen atoms in total. The molecule has 0 aliphatic carbocycles. The lowest BCUT2D eigenvalue weighted by molar-refractivity contribution is -0.139. The van der Waals surface area contributed by atoms with Crippen molar-refractivity contribution in [1.82, 2.24) is 10.3 Å². The minimum atomic E-state index is -4.13. The molecule has 86 valence electrons. The van der Waals surface area contributed by atoms with Crippen LogP contribution in [-0.4, -0.2) is 24.2 Å². The molecule has 1 heterocycles. The van der Waals surface area contributed by atoms with Crippen LogP contribution in [0.3, 0.4) is 0 Å². The SMILES string of the molecule is CNC(Cc1nc(C)cs1)CC(F)(F)F. The van der Waals surface area contributed by atoms with Crippen LogP contribution in [0.1, 0.15) is 17.1 Å². The molecule has 0 spiro atoms. The summed E-state index contributed by atoms with van der Waals surface area (Å²) < 4.78 is 36.4. The molecule has 0 bridgehead atoms. The fraction of sp³-hybridized carbons (Fsp3) is 0.667. The molecule has 1 N–H and O–H groups in total. The van der Waals surface area contributed by atoms with Crippen molar-refractivity contribution in [2.45, 2.75) is 32.0 Å². The molecule has 0 fully saturated rings. The molecule has 0 radical (unpaired) electrons. The van der Waals surface area contributed by atoms with Crippen molar-refractivity contribution in [3.8, 4) is 0 Å². The van der Waals surface area contributed by atoms with Gasteiger partial charge in [0.2, 0.25) is 0 Å². The Bertz CT molecular complexity index is 309. The number of hydrogen-bond donors (Lipinski definition) is 1. The molecular formula is C9H13F3N2S. The maximum Gasteiger partial charge on any atom is 0.390 e. The number of alkyl halides is 3. The summed E-state index contributed by atoms with van der Waals surface area (Å²) in [7, 11) is 1.54. The molecule has 0 aliphatic rings. The van der Waals surface area contributed by atoms with Crippen LogP contribution >= 0.6 is 11.3 Å². The number of hydrogen-bond acceptors (Lipinski definition) is 3. The Morgan fingerprint density at radius 2 is 2.20 bits per heavy atom. The number of halogens is 3. The second-order valence-corrected chi connectivity index (χ2v) is 4.33. The van der Waals surface area contributed by atoms with Gasteiger partial charge < -0.3 is 5.32 Å². The molecule has 1 aromatic heterocycles. The quantitative estimate of drug-likeness (QED) is 0.872. The Labute approximate surface area is 90.5 Å². The van der Waals surface area contributed by atoms with Gasteiger partial charge in [-0.1, -0.05) is 0 Å². The van der Waals surface area contributed by atoms with Gasteiger partial charge in [0.25, 0.3) is 0 Å². The van der Waals surface area contributed by atoms with Crippen LogP contribution in [0.15, 0.2) is 5.38 Å². The first kappa shape index (κ1) is 12.4. The fourth-order valence-electron chi connectivity index (χ4n) is 1.26. The van der Waals surface area contributed by atoms with Gasteiger partial charge in [0.05, 0.1) is 11.4 Å². The van der Waals surface area contributed by atoms with Gasteiger partial charge in [-0.25, -0.2) is 4.98 Å². The van der Waals surface area contributed by atoms with E-state index in [-0.39, 0.29) is 0 Å². The van der Waals surface area contributed by atoms with Crippen LogP contribution in [0.4, 0.5) is 13.2 Å². The lowest BCUT2D eigenvalue weighted by Crippen LogP contribution is -2.32. The number of aromatic nitrogens is 1. The molecule has 0 saturated carbocycles. The van der Waals surface area contributed by atoms with Crippen molar-refractivity contribution in [2.75, 3.05) is 7.05 Å². The normalized spacial score (nSPS) is 14.2. The van der Waals surface area contributed by atoms with Gasteiger partial charge in [-0.2, -0.15) is 13.2 Å². The topological polar surface area (TPSA) is 24.9 Å². The van der Waals surface area contributed by atoms with Crippen LogP contribution in [0.2, 0.25) is 0 Å². The van der Waals surface area contributed by atoms with E-state index in [0.29, 0.717) is 6.42 Å². The Morgan fingerprint density at radius 3 is 2.60 bits per heavy atom. The van der Waals surface area contributed by atoms with Gasteiger partial charge in [0.1, 0.15) is 0 Å². The zero-order valence-corrected chi connectivity index (χ0v) is 9.37. The fourth-order valence-corrected chi connectivity index (χ4v) is 2.12. The summed E-state index contributed by atoms with van der Waals surface area (Å²) in [5.41, 5.74) is 0.858. The largest absolute Gasteiger partial charge is 0.390 e. The monoisotopic (exact) mass is 238 g/mol. The van der Waals surface area contributed by atoms with E-state index >= 15 is 0 Å². The molecule has 0 saturated heterocycles. The van der Waals surface area contributed by atoms with Crippen LogP contribution < -0.4 is 5.32 Å². The van der Waals surface area contributed by atoms with Crippen molar-refractivity contribution in [3.63, 3.8) is 0 Å². The van der Waals surface area contributed by atoms with Gasteiger partial charge in [-0.3, -0.25) is 0 Å². The predicted molar refractivity (Wildman–Crippen MR) is 54.1 cm³/mol. The number of nitrogens with zero attached hydrogens (tertiary/aromatic N) is 1. The number of aryl methyl sites for hydroxylation is 1. The van der Waals surface area contributed by atoms with E-state index in [0.717, 1.165) is 10.7 Å². The third kappa shape index (κ3) is 4.61. The van der Waals surface area contributed by atoms with Crippen molar-refractivity contribution in [2.24, 2.45) is 0 Å². The van der Waals surface area contributed by atoms with Gasteiger partial charge in [-0.05, 0) is 14.0 Å². The van der Waals surface area contributed by atoms with Crippen LogP contribution in [0.25, 0.3) is 0 Å². The maximum atomic E-state index is 12.1. The van der Waals surface area contributed by atoms with E-state index in [4.69, 9.17) is 0 Å². The van der Waals surface area contributed by atoms with Crippen LogP contribution in [0, 0.1) is 6.92 Å². The second-order valence-electron chi connectivity index (χ2n) is 3.39. The highest BCUT2D eigenvalue weighted by atomic mass is 32.1. The maximum absolute atomic E-state index is 12.1. The number of nitrogens with one attached hydrogen (secondary N) is 1.